The first kappa shape index (κ1) is 74.0. The van der Waals surface area contributed by atoms with Gasteiger partial charge in [0.25, 0.3) is 0 Å². The maximum absolute atomic E-state index is 15.2. The molecule has 0 heterocycles. The summed E-state index contributed by atoms with van der Waals surface area (Å²) in [6, 6.07) is 48.9. The number of unbranched alkanes of at least 4 members (excludes halogenated alkanes) is 24. The highest BCUT2D eigenvalue weighted by atomic mass is 31.2. The molecule has 5 aromatic rings. The van der Waals surface area contributed by atoms with E-state index in [4.69, 9.17) is 37.7 Å². The summed E-state index contributed by atoms with van der Waals surface area (Å²) in [6.45, 7) is 4.94. The van der Waals surface area contributed by atoms with Gasteiger partial charge in [-0.2, -0.15) is 0 Å². The minimum absolute atomic E-state index is 0.0978. The van der Waals surface area contributed by atoms with Crippen molar-refractivity contribution in [3.05, 3.63) is 179 Å². The van der Waals surface area contributed by atoms with Crippen LogP contribution in [-0.4, -0.2) is 72.3 Å². The van der Waals surface area contributed by atoms with E-state index in [-0.39, 0.29) is 64.9 Å². The van der Waals surface area contributed by atoms with Crippen molar-refractivity contribution in [2.75, 3.05) is 12.8 Å². The second-order valence-corrected chi connectivity index (χ2v) is 26.7. The monoisotopic (exact) mass is 1260 g/mol. The number of hydrogen-bond donors (Lipinski definition) is 1. The fraction of sp³-hybridized carbons (Fsp3) is 0.584. The van der Waals surface area contributed by atoms with Crippen molar-refractivity contribution in [1.29, 1.82) is 0 Å². The fourth-order valence-corrected chi connectivity index (χ4v) is 13.2. The van der Waals surface area contributed by atoms with E-state index in [2.05, 4.69) is 13.8 Å². The molecule has 1 aliphatic rings. The van der Waals surface area contributed by atoms with E-state index in [1.807, 2.05) is 152 Å². The maximum atomic E-state index is 15.2. The first-order chi connectivity index (χ1) is 44.2. The van der Waals surface area contributed by atoms with E-state index < -0.39 is 62.5 Å². The lowest BCUT2D eigenvalue weighted by molar-refractivity contribution is -0.279. The van der Waals surface area contributed by atoms with Gasteiger partial charge in [-0.1, -0.05) is 320 Å². The number of carbonyl (C=O) groups excluding carboxylic acids is 2. The van der Waals surface area contributed by atoms with E-state index in [0.717, 1.165) is 66.3 Å². The molecule has 1 N–H and O–H groups in total. The van der Waals surface area contributed by atoms with Crippen molar-refractivity contribution >= 4 is 19.5 Å². The van der Waals surface area contributed by atoms with Crippen LogP contribution in [0.5, 0.6) is 0 Å². The van der Waals surface area contributed by atoms with Gasteiger partial charge in [0.2, 0.25) is 0 Å². The average Bonchev–Trinajstić information content (AvgIpc) is 0.807. The zero-order valence-electron chi connectivity index (χ0n) is 54.8. The predicted molar refractivity (Wildman–Crippen MR) is 361 cm³/mol. The topological polar surface area (TPSA) is 145 Å². The molecule has 496 valence electrons. The smallest absolute Gasteiger partial charge is 0.328 e. The Morgan fingerprint density at radius 3 is 0.911 bits per heavy atom. The van der Waals surface area contributed by atoms with E-state index in [1.54, 1.807) is 0 Å². The summed E-state index contributed by atoms with van der Waals surface area (Å²) in [5.41, 5.74) is 4.45. The molecule has 90 heavy (non-hydrogen) atoms. The summed E-state index contributed by atoms with van der Waals surface area (Å²) >= 11 is 0. The zero-order valence-corrected chi connectivity index (χ0v) is 55.7. The molecule has 0 aromatic heterocycles. The highest BCUT2D eigenvalue weighted by molar-refractivity contribution is 7.52. The Bertz CT molecular complexity index is 2510. The molecule has 1 saturated carbocycles. The predicted octanol–water partition coefficient (Wildman–Crippen LogP) is 19.3. The Kier molecular flexibility index (Phi) is 37.9. The van der Waals surface area contributed by atoms with Gasteiger partial charge in [-0.05, 0) is 47.1 Å². The highest BCUT2D eigenvalue weighted by Crippen LogP contribution is 2.49. The van der Waals surface area contributed by atoms with Crippen molar-refractivity contribution < 1.29 is 56.7 Å². The molecule has 1 fully saturated rings. The minimum Gasteiger partial charge on any atom is -0.462 e. The summed E-state index contributed by atoms with van der Waals surface area (Å²) in [6.07, 6.45) is 23.6. The standard InChI is InChI=1S/C77H111O12P/c1-3-5-7-9-11-13-15-17-19-21-23-25-42-54-70(78)82-63-69(88-71(79)55-43-26-24-22-20-18-16-14-12-10-8-6-4-2)56-57-90(80,81)89-77-75(86-61-67-50-38-30-39-51-67)73(84-59-65-46-34-28-35-47-65)72(83-58-64-44-32-27-33-45-64)74(85-60-66-48-36-29-37-49-66)76(77)87-62-68-52-40-31-41-53-68/h27-41,44-53,69,72-77H,3-26,42-43,54-63H2,1-2H3,(H,80,81)/t69?,72?,73-,74+,75-,76-,77?/m0/s1. The SMILES string of the molecule is CCCCCCCCCCCCCCCC(=O)OCC(CCP(=O)(O)OC1[C@@H](OCc2ccccc2)[C@H](OCc2ccccc2)C(OCc2ccccc2)[C@H](OCc2ccccc2)[C@@H]1OCc1ccccc1)OC(=O)CCCCCCCCCCCCCCC. The molecule has 0 spiro atoms. The molecular weight excluding hydrogens is 1150 g/mol. The van der Waals surface area contributed by atoms with Crippen LogP contribution in [0.1, 0.15) is 228 Å². The molecule has 8 atom stereocenters. The Morgan fingerprint density at radius 2 is 0.622 bits per heavy atom. The lowest BCUT2D eigenvalue weighted by Gasteiger charge is -2.50. The van der Waals surface area contributed by atoms with Gasteiger partial charge < -0.3 is 38.1 Å². The molecule has 0 bridgehead atoms. The van der Waals surface area contributed by atoms with Crippen molar-refractivity contribution in [3.63, 3.8) is 0 Å². The van der Waals surface area contributed by atoms with Crippen LogP contribution in [0.2, 0.25) is 0 Å². The normalized spacial score (nSPS) is 18.4. The third-order valence-electron chi connectivity index (χ3n) is 17.1. The van der Waals surface area contributed by atoms with Crippen LogP contribution in [0.4, 0.5) is 0 Å². The van der Waals surface area contributed by atoms with Gasteiger partial charge in [-0.25, -0.2) is 0 Å². The van der Waals surface area contributed by atoms with Gasteiger partial charge in [0, 0.05) is 12.8 Å². The third-order valence-corrected chi connectivity index (χ3v) is 18.5. The molecule has 4 unspecified atom stereocenters. The van der Waals surface area contributed by atoms with Crippen molar-refractivity contribution in [3.8, 4) is 0 Å². The largest absolute Gasteiger partial charge is 0.462 e. The van der Waals surface area contributed by atoms with Crippen LogP contribution in [0, 0.1) is 0 Å². The Hall–Kier alpha value is -5.01. The minimum atomic E-state index is -4.70. The Morgan fingerprint density at radius 1 is 0.367 bits per heavy atom. The van der Waals surface area contributed by atoms with Gasteiger partial charge in [0.1, 0.15) is 49.3 Å². The van der Waals surface area contributed by atoms with E-state index >= 15 is 4.57 Å². The first-order valence-electron chi connectivity index (χ1n) is 34.8. The van der Waals surface area contributed by atoms with Gasteiger partial charge in [-0.15, -0.1) is 0 Å². The van der Waals surface area contributed by atoms with Gasteiger partial charge in [0.15, 0.2) is 0 Å². The van der Waals surface area contributed by atoms with Crippen molar-refractivity contribution in [1.82, 2.24) is 0 Å². The molecule has 1 aliphatic carbocycles. The molecule has 12 nitrogen and oxygen atoms in total. The fourth-order valence-electron chi connectivity index (χ4n) is 11.8. The number of ether oxygens (including phenoxy) is 7. The Labute approximate surface area is 541 Å². The lowest BCUT2D eigenvalue weighted by Crippen LogP contribution is -2.67. The molecule has 0 radical (unpaired) electrons. The van der Waals surface area contributed by atoms with Gasteiger partial charge in [-0.3, -0.25) is 18.7 Å². The summed E-state index contributed by atoms with van der Waals surface area (Å²) in [7, 11) is -4.70. The third kappa shape index (κ3) is 31.1. The van der Waals surface area contributed by atoms with Gasteiger partial charge >= 0.3 is 19.5 Å². The second kappa shape index (κ2) is 46.1. The summed E-state index contributed by atoms with van der Waals surface area (Å²) in [5.74, 6) is -0.816. The quantitative estimate of drug-likeness (QED) is 0.0225. The van der Waals surface area contributed by atoms with Crippen LogP contribution in [0.25, 0.3) is 0 Å². The second-order valence-electron chi connectivity index (χ2n) is 24.8. The van der Waals surface area contributed by atoms with E-state index in [1.165, 1.54) is 116 Å². The van der Waals surface area contributed by atoms with Crippen LogP contribution in [-0.2, 0) is 84.9 Å². The zero-order chi connectivity index (χ0) is 63.4. The molecule has 5 aromatic carbocycles. The summed E-state index contributed by atoms with van der Waals surface area (Å²) in [4.78, 5) is 39.5. The molecular formula is C77H111O12P. The number of benzene rings is 5. The Balaban J connectivity index is 1.21. The number of esters is 2. The number of hydrogen-bond acceptors (Lipinski definition) is 11. The molecule has 13 heteroatoms. The van der Waals surface area contributed by atoms with Crippen molar-refractivity contribution in [2.45, 2.75) is 276 Å². The van der Waals surface area contributed by atoms with Crippen LogP contribution < -0.4 is 0 Å². The van der Waals surface area contributed by atoms with E-state index in [0.29, 0.717) is 12.8 Å². The van der Waals surface area contributed by atoms with Crippen molar-refractivity contribution in [2.24, 2.45) is 0 Å². The number of rotatable bonds is 51. The average molecular weight is 1260 g/mol. The molecule has 0 saturated heterocycles. The summed E-state index contributed by atoms with van der Waals surface area (Å²) in [5, 5.41) is 0. The molecule has 0 aliphatic heterocycles. The first-order valence-corrected chi connectivity index (χ1v) is 36.6. The van der Waals surface area contributed by atoms with Crippen LogP contribution >= 0.6 is 7.60 Å². The van der Waals surface area contributed by atoms with Crippen LogP contribution in [0.3, 0.4) is 0 Å². The highest BCUT2D eigenvalue weighted by Gasteiger charge is 2.56. The molecule has 6 rings (SSSR count). The summed E-state index contributed by atoms with van der Waals surface area (Å²) < 4.78 is 69.0. The molecule has 0 amide bonds. The maximum Gasteiger partial charge on any atom is 0.328 e. The van der Waals surface area contributed by atoms with Gasteiger partial charge in [0.05, 0.1) is 39.2 Å². The van der Waals surface area contributed by atoms with E-state index in [9.17, 15) is 14.5 Å². The number of carbonyl (C=O) groups is 2. The van der Waals surface area contributed by atoms with Crippen LogP contribution in [0.15, 0.2) is 152 Å². The lowest BCUT2D eigenvalue weighted by atomic mass is 9.83.